The average molecular weight is 342 g/mol. The van der Waals surface area contributed by atoms with Gasteiger partial charge in [-0.3, -0.25) is 4.79 Å². The zero-order chi connectivity index (χ0) is 16.7. The van der Waals surface area contributed by atoms with Crippen molar-refractivity contribution in [2.75, 3.05) is 10.7 Å². The molecule has 0 radical (unpaired) electrons. The van der Waals surface area contributed by atoms with Gasteiger partial charge in [-0.15, -0.1) is 10.2 Å². The van der Waals surface area contributed by atoms with E-state index in [4.69, 9.17) is 0 Å². The van der Waals surface area contributed by atoms with Gasteiger partial charge in [0.15, 0.2) is 5.16 Å². The molecule has 1 saturated carbocycles. The Morgan fingerprint density at radius 2 is 2.08 bits per heavy atom. The number of para-hydroxylation sites is 1. The van der Waals surface area contributed by atoms with Crippen LogP contribution in [-0.2, 0) is 18.3 Å². The third-order valence-electron chi connectivity index (χ3n) is 5.14. The summed E-state index contributed by atoms with van der Waals surface area (Å²) in [7, 11) is 2.01. The molecule has 1 atom stereocenters. The highest BCUT2D eigenvalue weighted by atomic mass is 32.2. The molecule has 1 aromatic heterocycles. The van der Waals surface area contributed by atoms with Crippen LogP contribution < -0.4 is 4.90 Å². The van der Waals surface area contributed by atoms with Gasteiger partial charge in [-0.1, -0.05) is 36.4 Å². The molecule has 0 bridgehead atoms. The van der Waals surface area contributed by atoms with Gasteiger partial charge >= 0.3 is 0 Å². The number of rotatable bonds is 4. The van der Waals surface area contributed by atoms with Crippen LogP contribution in [0, 0.1) is 0 Å². The van der Waals surface area contributed by atoms with E-state index in [9.17, 15) is 4.79 Å². The van der Waals surface area contributed by atoms with Crippen LogP contribution in [0.15, 0.2) is 29.4 Å². The smallest absolute Gasteiger partial charge is 0.237 e. The number of hydrogen-bond acceptors (Lipinski definition) is 4. The molecule has 1 aliphatic heterocycles. The number of carbonyl (C=O) groups excluding carboxylic acids is 1. The molecule has 0 N–H and O–H groups in total. The Bertz CT molecular complexity index is 768. The molecule has 2 aliphatic rings. The molecule has 1 unspecified atom stereocenters. The van der Waals surface area contributed by atoms with Crippen molar-refractivity contribution in [3.63, 3.8) is 0 Å². The van der Waals surface area contributed by atoms with Gasteiger partial charge < -0.3 is 9.47 Å². The van der Waals surface area contributed by atoms with E-state index in [1.54, 1.807) is 0 Å². The second-order valence-electron chi connectivity index (χ2n) is 6.76. The maximum absolute atomic E-state index is 12.8. The monoisotopic (exact) mass is 342 g/mol. The predicted molar refractivity (Wildman–Crippen MR) is 95.4 cm³/mol. The van der Waals surface area contributed by atoms with Crippen LogP contribution in [0.4, 0.5) is 5.69 Å². The average Bonchev–Trinajstić information content (AvgIpc) is 3.04. The summed E-state index contributed by atoms with van der Waals surface area (Å²) in [4.78, 5) is 14.7. The summed E-state index contributed by atoms with van der Waals surface area (Å²) < 4.78 is 2.06. The predicted octanol–water partition coefficient (Wildman–Crippen LogP) is 3.15. The molecule has 4 rings (SSSR count). The number of aromatic nitrogens is 3. The lowest BCUT2D eigenvalue weighted by Crippen LogP contribution is -2.37. The number of anilines is 1. The Labute approximate surface area is 146 Å². The SMILES string of the molecule is CC1Cc2ccccc2N1C(=O)CSc1nnc(C2CCC2)n1C. The van der Waals surface area contributed by atoms with Crippen molar-refractivity contribution >= 4 is 23.4 Å². The lowest BCUT2D eigenvalue weighted by atomic mass is 9.85. The van der Waals surface area contributed by atoms with Gasteiger partial charge in [0.1, 0.15) is 5.82 Å². The number of fused-ring (bicyclic) bond motifs is 1. The molecule has 6 heteroatoms. The molecular formula is C18H22N4OS. The van der Waals surface area contributed by atoms with E-state index in [0.29, 0.717) is 11.7 Å². The molecule has 2 heterocycles. The van der Waals surface area contributed by atoms with Crippen LogP contribution >= 0.6 is 11.8 Å². The van der Waals surface area contributed by atoms with Gasteiger partial charge in [0.05, 0.1) is 5.75 Å². The van der Waals surface area contributed by atoms with Gasteiger partial charge in [-0.2, -0.15) is 0 Å². The molecule has 1 amide bonds. The number of hydrogen-bond donors (Lipinski definition) is 0. The lowest BCUT2D eigenvalue weighted by Gasteiger charge is -2.24. The fraction of sp³-hybridized carbons (Fsp3) is 0.500. The molecule has 1 fully saturated rings. The fourth-order valence-corrected chi connectivity index (χ4v) is 4.39. The van der Waals surface area contributed by atoms with E-state index >= 15 is 0 Å². The highest BCUT2D eigenvalue weighted by Gasteiger charge is 2.31. The summed E-state index contributed by atoms with van der Waals surface area (Å²) in [5.41, 5.74) is 2.32. The van der Waals surface area contributed by atoms with Crippen LogP contribution in [0.3, 0.4) is 0 Å². The van der Waals surface area contributed by atoms with E-state index in [1.165, 1.54) is 36.6 Å². The first kappa shape index (κ1) is 15.7. The van der Waals surface area contributed by atoms with Crippen molar-refractivity contribution in [1.82, 2.24) is 14.8 Å². The Morgan fingerprint density at radius 1 is 1.29 bits per heavy atom. The zero-order valence-electron chi connectivity index (χ0n) is 14.1. The van der Waals surface area contributed by atoms with Gasteiger partial charge in [-0.25, -0.2) is 0 Å². The second kappa shape index (κ2) is 6.24. The summed E-state index contributed by atoms with van der Waals surface area (Å²) in [6.45, 7) is 2.11. The van der Waals surface area contributed by atoms with Crippen LogP contribution in [0.5, 0.6) is 0 Å². The molecule has 5 nitrogen and oxygen atoms in total. The minimum absolute atomic E-state index is 0.144. The highest BCUT2D eigenvalue weighted by Crippen LogP contribution is 2.36. The van der Waals surface area contributed by atoms with Crippen LogP contribution in [0.2, 0.25) is 0 Å². The maximum Gasteiger partial charge on any atom is 0.237 e. The number of carbonyl (C=O) groups is 1. The van der Waals surface area contributed by atoms with E-state index in [1.807, 2.05) is 30.1 Å². The van der Waals surface area contributed by atoms with Crippen LogP contribution in [0.25, 0.3) is 0 Å². The van der Waals surface area contributed by atoms with Gasteiger partial charge in [0.2, 0.25) is 5.91 Å². The molecule has 24 heavy (non-hydrogen) atoms. The summed E-state index contributed by atoms with van der Waals surface area (Å²) in [5.74, 6) is 2.16. The van der Waals surface area contributed by atoms with Gasteiger partial charge in [0.25, 0.3) is 0 Å². The minimum atomic E-state index is 0.144. The lowest BCUT2D eigenvalue weighted by molar-refractivity contribution is -0.116. The standard InChI is InChI=1S/C18H22N4OS/c1-12-10-14-6-3-4-9-15(14)22(12)16(23)11-24-18-20-19-17(21(18)2)13-7-5-8-13/h3-4,6,9,12-13H,5,7-8,10-11H2,1-2H3. The van der Waals surface area contributed by atoms with E-state index in [2.05, 4.69) is 27.8 Å². The quantitative estimate of drug-likeness (QED) is 0.801. The van der Waals surface area contributed by atoms with Crippen molar-refractivity contribution in [3.05, 3.63) is 35.7 Å². The first-order valence-electron chi connectivity index (χ1n) is 8.57. The first-order valence-corrected chi connectivity index (χ1v) is 9.55. The Morgan fingerprint density at radius 3 is 2.83 bits per heavy atom. The summed E-state index contributed by atoms with van der Waals surface area (Å²) >= 11 is 1.49. The molecule has 1 aliphatic carbocycles. The number of amides is 1. The fourth-order valence-electron chi connectivity index (χ4n) is 3.62. The third-order valence-corrected chi connectivity index (χ3v) is 6.14. The molecule has 0 saturated heterocycles. The van der Waals surface area contributed by atoms with E-state index in [-0.39, 0.29) is 11.9 Å². The first-order chi connectivity index (χ1) is 11.6. The Hall–Kier alpha value is -1.82. The number of nitrogens with zero attached hydrogens (tertiary/aromatic N) is 4. The zero-order valence-corrected chi connectivity index (χ0v) is 14.9. The number of benzene rings is 1. The van der Waals surface area contributed by atoms with Crippen molar-refractivity contribution in [1.29, 1.82) is 0 Å². The van der Waals surface area contributed by atoms with Gasteiger partial charge in [-0.05, 0) is 37.8 Å². The summed E-state index contributed by atoms with van der Waals surface area (Å²) in [6, 6.07) is 8.41. The Balaban J connectivity index is 1.45. The van der Waals surface area contributed by atoms with Crippen molar-refractivity contribution in [2.24, 2.45) is 7.05 Å². The molecule has 0 spiro atoms. The second-order valence-corrected chi connectivity index (χ2v) is 7.70. The largest absolute Gasteiger partial charge is 0.309 e. The molecule has 126 valence electrons. The maximum atomic E-state index is 12.8. The highest BCUT2D eigenvalue weighted by molar-refractivity contribution is 7.99. The normalized spacial score (nSPS) is 20.1. The Kier molecular flexibility index (Phi) is 4.08. The van der Waals surface area contributed by atoms with E-state index < -0.39 is 0 Å². The third kappa shape index (κ3) is 2.62. The van der Waals surface area contributed by atoms with Crippen molar-refractivity contribution < 1.29 is 4.79 Å². The molecular weight excluding hydrogens is 320 g/mol. The summed E-state index contributed by atoms with van der Waals surface area (Å²) in [6.07, 6.45) is 4.63. The number of thioether (sulfide) groups is 1. The topological polar surface area (TPSA) is 51.0 Å². The van der Waals surface area contributed by atoms with Crippen LogP contribution in [0.1, 0.15) is 43.5 Å². The van der Waals surface area contributed by atoms with Crippen molar-refractivity contribution in [3.8, 4) is 0 Å². The summed E-state index contributed by atoms with van der Waals surface area (Å²) in [5, 5.41) is 9.46. The van der Waals surface area contributed by atoms with Crippen LogP contribution in [-0.4, -0.2) is 32.5 Å². The molecule has 1 aromatic carbocycles. The van der Waals surface area contributed by atoms with Gasteiger partial charge in [0, 0.05) is 24.7 Å². The minimum Gasteiger partial charge on any atom is -0.309 e. The van der Waals surface area contributed by atoms with E-state index in [0.717, 1.165) is 23.1 Å². The van der Waals surface area contributed by atoms with Crippen molar-refractivity contribution in [2.45, 2.75) is 49.7 Å². The molecule has 2 aromatic rings.